The molecule has 29 heavy (non-hydrogen) atoms. The van der Waals surface area contributed by atoms with Crippen molar-refractivity contribution in [2.45, 2.75) is 20.0 Å². The molecule has 7 nitrogen and oxygen atoms in total. The summed E-state index contributed by atoms with van der Waals surface area (Å²) in [4.78, 5) is 28.6. The first-order chi connectivity index (χ1) is 14.0. The van der Waals surface area contributed by atoms with E-state index in [2.05, 4.69) is 10.2 Å². The second-order valence-corrected chi connectivity index (χ2v) is 7.12. The molecule has 1 saturated heterocycles. The summed E-state index contributed by atoms with van der Waals surface area (Å²) in [6, 6.07) is 14.8. The number of carbonyl (C=O) groups is 2. The molecular formula is C22H27N3O4. The van der Waals surface area contributed by atoms with Gasteiger partial charge in [-0.2, -0.15) is 0 Å². The van der Waals surface area contributed by atoms with E-state index in [1.807, 2.05) is 38.1 Å². The van der Waals surface area contributed by atoms with E-state index < -0.39 is 11.8 Å². The van der Waals surface area contributed by atoms with E-state index in [9.17, 15) is 9.59 Å². The van der Waals surface area contributed by atoms with Crippen LogP contribution in [-0.4, -0.2) is 56.1 Å². The lowest BCUT2D eigenvalue weighted by molar-refractivity contribution is -0.143. The highest BCUT2D eigenvalue weighted by Gasteiger charge is 2.26. The van der Waals surface area contributed by atoms with E-state index in [0.717, 1.165) is 17.2 Å². The van der Waals surface area contributed by atoms with E-state index in [-0.39, 0.29) is 6.10 Å². The highest BCUT2D eigenvalue weighted by molar-refractivity contribution is 6.39. The highest BCUT2D eigenvalue weighted by atomic mass is 16.5. The van der Waals surface area contributed by atoms with Crippen LogP contribution in [0.5, 0.6) is 11.5 Å². The van der Waals surface area contributed by atoms with Gasteiger partial charge in [0.25, 0.3) is 0 Å². The minimum Gasteiger partial charge on any atom is -0.497 e. The summed E-state index contributed by atoms with van der Waals surface area (Å²) >= 11 is 0. The molecule has 0 unspecified atom stereocenters. The number of nitrogens with zero attached hydrogens (tertiary/aromatic N) is 2. The van der Waals surface area contributed by atoms with Crippen LogP contribution in [-0.2, 0) is 9.59 Å². The third-order valence-electron chi connectivity index (χ3n) is 4.68. The van der Waals surface area contributed by atoms with Gasteiger partial charge in [0.1, 0.15) is 11.5 Å². The number of carbonyl (C=O) groups excluding carboxylic acids is 2. The molecule has 0 aliphatic carbocycles. The van der Waals surface area contributed by atoms with Gasteiger partial charge in [-0.05, 0) is 62.4 Å². The normalized spacial score (nSPS) is 13.9. The van der Waals surface area contributed by atoms with E-state index in [1.54, 1.807) is 36.3 Å². The monoisotopic (exact) mass is 397 g/mol. The van der Waals surface area contributed by atoms with Gasteiger partial charge in [0.15, 0.2) is 0 Å². The van der Waals surface area contributed by atoms with Crippen molar-refractivity contribution in [3.63, 3.8) is 0 Å². The highest BCUT2D eigenvalue weighted by Crippen LogP contribution is 2.21. The van der Waals surface area contributed by atoms with Crippen molar-refractivity contribution in [2.75, 3.05) is 43.5 Å². The van der Waals surface area contributed by atoms with Gasteiger partial charge >= 0.3 is 11.8 Å². The number of rotatable bonds is 5. The average Bonchev–Trinajstić information content (AvgIpc) is 2.74. The minimum atomic E-state index is -0.625. The molecule has 0 aromatic heterocycles. The van der Waals surface area contributed by atoms with Crippen LogP contribution in [0, 0.1) is 0 Å². The third-order valence-corrected chi connectivity index (χ3v) is 4.68. The molecule has 3 rings (SSSR count). The Morgan fingerprint density at radius 3 is 2.03 bits per heavy atom. The number of ether oxygens (including phenoxy) is 2. The Balaban J connectivity index is 1.51. The zero-order chi connectivity index (χ0) is 20.8. The van der Waals surface area contributed by atoms with Gasteiger partial charge < -0.3 is 24.6 Å². The van der Waals surface area contributed by atoms with Crippen LogP contribution in [0.4, 0.5) is 11.4 Å². The number of methoxy groups -OCH3 is 1. The molecule has 7 heteroatoms. The molecule has 0 bridgehead atoms. The Bertz CT molecular complexity index is 826. The van der Waals surface area contributed by atoms with Crippen LogP contribution in [0.3, 0.4) is 0 Å². The minimum absolute atomic E-state index is 0.0774. The topological polar surface area (TPSA) is 71.1 Å². The van der Waals surface area contributed by atoms with Gasteiger partial charge in [0.05, 0.1) is 13.2 Å². The number of anilines is 2. The molecule has 0 spiro atoms. The zero-order valence-corrected chi connectivity index (χ0v) is 17.1. The molecular weight excluding hydrogens is 370 g/mol. The molecule has 0 atom stereocenters. The maximum Gasteiger partial charge on any atom is 0.313 e. The fraction of sp³-hybridized carbons (Fsp3) is 0.364. The van der Waals surface area contributed by atoms with E-state index >= 15 is 0 Å². The van der Waals surface area contributed by atoms with Gasteiger partial charge in [0, 0.05) is 37.6 Å². The van der Waals surface area contributed by atoms with Crippen LogP contribution in [0.25, 0.3) is 0 Å². The second-order valence-electron chi connectivity index (χ2n) is 7.12. The van der Waals surface area contributed by atoms with Crippen LogP contribution in [0.2, 0.25) is 0 Å². The van der Waals surface area contributed by atoms with Crippen LogP contribution < -0.4 is 19.7 Å². The van der Waals surface area contributed by atoms with Crippen molar-refractivity contribution in [2.24, 2.45) is 0 Å². The Kier molecular flexibility index (Phi) is 6.59. The van der Waals surface area contributed by atoms with E-state index in [1.165, 1.54) is 0 Å². The Hall–Kier alpha value is -3.22. The maximum atomic E-state index is 12.5. The van der Waals surface area contributed by atoms with Gasteiger partial charge in [-0.1, -0.05) is 0 Å². The largest absolute Gasteiger partial charge is 0.497 e. The molecule has 2 amide bonds. The maximum absolute atomic E-state index is 12.5. The summed E-state index contributed by atoms with van der Waals surface area (Å²) < 4.78 is 10.8. The van der Waals surface area contributed by atoms with Gasteiger partial charge in [-0.25, -0.2) is 0 Å². The average molecular weight is 397 g/mol. The number of nitrogens with one attached hydrogen (secondary N) is 1. The number of hydrogen-bond donors (Lipinski definition) is 1. The molecule has 1 aliphatic rings. The fourth-order valence-electron chi connectivity index (χ4n) is 3.18. The molecule has 0 radical (unpaired) electrons. The fourth-order valence-corrected chi connectivity index (χ4v) is 3.18. The van der Waals surface area contributed by atoms with Gasteiger partial charge in [-0.3, -0.25) is 9.59 Å². The Morgan fingerprint density at radius 2 is 1.48 bits per heavy atom. The molecule has 154 valence electrons. The lowest BCUT2D eigenvalue weighted by Crippen LogP contribution is -2.51. The number of hydrogen-bond acceptors (Lipinski definition) is 5. The summed E-state index contributed by atoms with van der Waals surface area (Å²) in [5, 5.41) is 2.66. The summed E-state index contributed by atoms with van der Waals surface area (Å²) in [6.45, 7) is 6.24. The van der Waals surface area contributed by atoms with Crippen molar-refractivity contribution in [3.8, 4) is 11.5 Å². The number of piperazine rings is 1. The van der Waals surface area contributed by atoms with E-state index in [0.29, 0.717) is 31.9 Å². The first-order valence-electron chi connectivity index (χ1n) is 9.72. The predicted octanol–water partition coefficient (Wildman–Crippen LogP) is 2.77. The lowest BCUT2D eigenvalue weighted by atomic mass is 10.2. The number of benzene rings is 2. The van der Waals surface area contributed by atoms with Crippen LogP contribution in [0.15, 0.2) is 48.5 Å². The lowest BCUT2D eigenvalue weighted by Gasteiger charge is -2.35. The van der Waals surface area contributed by atoms with Gasteiger partial charge in [-0.15, -0.1) is 0 Å². The first kappa shape index (κ1) is 20.5. The van der Waals surface area contributed by atoms with Crippen molar-refractivity contribution in [1.82, 2.24) is 4.90 Å². The standard InChI is InChI=1S/C22H27N3O4/c1-16(2)29-20-8-4-17(5-9-20)23-21(26)22(27)25-14-12-24(13-15-25)18-6-10-19(28-3)11-7-18/h4-11,16H,12-15H2,1-3H3,(H,23,26). The van der Waals surface area contributed by atoms with Crippen molar-refractivity contribution in [3.05, 3.63) is 48.5 Å². The summed E-state index contributed by atoms with van der Waals surface area (Å²) in [7, 11) is 1.64. The number of amides is 2. The smallest absolute Gasteiger partial charge is 0.313 e. The zero-order valence-electron chi connectivity index (χ0n) is 17.1. The molecule has 1 fully saturated rings. The third kappa shape index (κ3) is 5.40. The SMILES string of the molecule is COc1ccc(N2CCN(C(=O)C(=O)Nc3ccc(OC(C)C)cc3)CC2)cc1. The van der Waals surface area contributed by atoms with Crippen molar-refractivity contribution in [1.29, 1.82) is 0 Å². The quantitative estimate of drug-likeness (QED) is 0.786. The molecule has 0 saturated carbocycles. The van der Waals surface area contributed by atoms with Gasteiger partial charge in [0.2, 0.25) is 0 Å². The molecule has 1 heterocycles. The molecule has 2 aromatic carbocycles. The molecule has 1 aliphatic heterocycles. The summed E-state index contributed by atoms with van der Waals surface area (Å²) in [5.41, 5.74) is 1.64. The Labute approximate surface area is 171 Å². The Morgan fingerprint density at radius 1 is 0.897 bits per heavy atom. The molecule has 1 N–H and O–H groups in total. The molecule has 2 aromatic rings. The summed E-state index contributed by atoms with van der Waals surface area (Å²) in [5.74, 6) is 0.393. The van der Waals surface area contributed by atoms with E-state index in [4.69, 9.17) is 9.47 Å². The van der Waals surface area contributed by atoms with Crippen molar-refractivity contribution >= 4 is 23.2 Å². The van der Waals surface area contributed by atoms with Crippen molar-refractivity contribution < 1.29 is 19.1 Å². The summed E-state index contributed by atoms with van der Waals surface area (Å²) in [6.07, 6.45) is 0.0774. The van der Waals surface area contributed by atoms with Crippen LogP contribution in [0.1, 0.15) is 13.8 Å². The first-order valence-corrected chi connectivity index (χ1v) is 9.72. The van der Waals surface area contributed by atoms with Crippen LogP contribution >= 0.6 is 0 Å². The second kappa shape index (κ2) is 9.32. The predicted molar refractivity (Wildman–Crippen MR) is 113 cm³/mol.